The molecule has 0 radical (unpaired) electrons. The Bertz CT molecular complexity index is 246. The first-order valence-corrected chi connectivity index (χ1v) is 5.37. The lowest BCUT2D eigenvalue weighted by Gasteiger charge is -2.31. The minimum Gasteiger partial charge on any atom is -0.353 e. The van der Waals surface area contributed by atoms with Crippen molar-refractivity contribution in [3.05, 3.63) is 0 Å². The molecule has 14 heavy (non-hydrogen) atoms. The monoisotopic (exact) mass is 195 g/mol. The van der Waals surface area contributed by atoms with Gasteiger partial charge in [-0.05, 0) is 12.8 Å². The first-order chi connectivity index (χ1) is 6.77. The summed E-state index contributed by atoms with van der Waals surface area (Å²) in [6, 6.07) is 0. The van der Waals surface area contributed by atoms with Gasteiger partial charge in [-0.2, -0.15) is 0 Å². The highest BCUT2D eigenvalue weighted by Gasteiger charge is 2.26. The molecule has 78 valence electrons. The maximum Gasteiger partial charge on any atom is 0.239 e. The number of rotatable bonds is 1. The molecule has 1 heterocycles. The van der Waals surface area contributed by atoms with Crippen LogP contribution in [0.3, 0.4) is 0 Å². The topological polar surface area (TPSA) is 56.2 Å². The molecule has 1 aliphatic heterocycles. The number of carbonyl (C=O) groups excluding carboxylic acids is 1. The molecule has 2 rings (SSSR count). The Morgan fingerprint density at radius 2 is 2.14 bits per heavy atom. The zero-order chi connectivity index (χ0) is 9.97. The van der Waals surface area contributed by atoms with E-state index in [1.807, 2.05) is 4.90 Å². The van der Waals surface area contributed by atoms with E-state index in [0.29, 0.717) is 24.8 Å². The third-order valence-corrected chi connectivity index (χ3v) is 3.12. The second kappa shape index (κ2) is 3.98. The minimum atomic E-state index is 0.0546. The molecule has 2 aliphatic rings. The summed E-state index contributed by atoms with van der Waals surface area (Å²) in [6.07, 6.45) is 4.76. The van der Waals surface area contributed by atoms with Crippen molar-refractivity contribution in [2.75, 3.05) is 19.6 Å². The van der Waals surface area contributed by atoms with Crippen LogP contribution in [0.15, 0.2) is 0 Å². The molecule has 1 aliphatic carbocycles. The first kappa shape index (κ1) is 9.49. The van der Waals surface area contributed by atoms with Crippen molar-refractivity contribution in [3.63, 3.8) is 0 Å². The summed E-state index contributed by atoms with van der Waals surface area (Å²) in [7, 11) is 0. The van der Waals surface area contributed by atoms with Crippen LogP contribution in [0.2, 0.25) is 0 Å². The molecule has 0 spiro atoms. The zero-order valence-corrected chi connectivity index (χ0v) is 8.38. The number of carbonyl (C=O) groups is 1. The average Bonchev–Trinajstić information content (AvgIpc) is 2.69. The number of hydrogen-bond donors (Lipinski definition) is 2. The molecule has 0 aromatic rings. The van der Waals surface area contributed by atoms with Crippen LogP contribution in [0.25, 0.3) is 0 Å². The lowest BCUT2D eigenvalue weighted by Crippen LogP contribution is -2.51. The molecule has 4 heteroatoms. The van der Waals surface area contributed by atoms with E-state index in [-0.39, 0.29) is 5.91 Å². The maximum absolute atomic E-state index is 11.1. The van der Waals surface area contributed by atoms with Gasteiger partial charge in [-0.15, -0.1) is 0 Å². The first-order valence-electron chi connectivity index (χ1n) is 5.37. The van der Waals surface area contributed by atoms with E-state index in [0.717, 1.165) is 19.4 Å². The molecule has 0 unspecified atom stereocenters. The Balaban J connectivity index is 1.92. The lowest BCUT2D eigenvalue weighted by atomic mass is 10.1. The quantitative estimate of drug-likeness (QED) is 0.475. The Morgan fingerprint density at radius 1 is 1.43 bits per heavy atom. The van der Waals surface area contributed by atoms with E-state index in [2.05, 4.69) is 5.32 Å². The zero-order valence-electron chi connectivity index (χ0n) is 8.38. The smallest absolute Gasteiger partial charge is 0.239 e. The molecule has 1 saturated carbocycles. The van der Waals surface area contributed by atoms with Crippen LogP contribution < -0.4 is 5.32 Å². The third-order valence-electron chi connectivity index (χ3n) is 3.12. The number of piperazine rings is 1. The molecule has 0 aromatic heterocycles. The fourth-order valence-electron chi connectivity index (χ4n) is 2.30. The second-order valence-corrected chi connectivity index (χ2v) is 4.14. The standard InChI is InChI=1S/C10H17N3O/c11-10(8-3-1-2-4-8)13-6-5-12-9(14)7-13/h8,11H,1-7H2,(H,12,14). The van der Waals surface area contributed by atoms with Gasteiger partial charge in [0.25, 0.3) is 0 Å². The van der Waals surface area contributed by atoms with Gasteiger partial charge in [0.05, 0.1) is 12.4 Å². The number of nitrogens with zero attached hydrogens (tertiary/aromatic N) is 1. The molecular weight excluding hydrogens is 178 g/mol. The van der Waals surface area contributed by atoms with Gasteiger partial charge in [0.2, 0.25) is 5.91 Å². The minimum absolute atomic E-state index is 0.0546. The van der Waals surface area contributed by atoms with Crippen LogP contribution in [-0.4, -0.2) is 36.3 Å². The highest BCUT2D eigenvalue weighted by Crippen LogP contribution is 2.26. The number of hydrogen-bond acceptors (Lipinski definition) is 2. The van der Waals surface area contributed by atoms with Crippen LogP contribution in [0, 0.1) is 11.3 Å². The van der Waals surface area contributed by atoms with E-state index in [1.54, 1.807) is 0 Å². The normalized spacial score (nSPS) is 23.7. The Kier molecular flexibility index (Phi) is 2.70. The van der Waals surface area contributed by atoms with Gasteiger partial charge in [-0.3, -0.25) is 10.2 Å². The molecule has 0 aromatic carbocycles. The predicted octanol–water partition coefficient (Wildman–Crippen LogP) is 0.586. The molecule has 0 bridgehead atoms. The summed E-state index contributed by atoms with van der Waals surface area (Å²) in [5, 5.41) is 10.8. The molecule has 1 saturated heterocycles. The number of amidine groups is 1. The van der Waals surface area contributed by atoms with Gasteiger partial charge in [-0.1, -0.05) is 12.8 Å². The molecular formula is C10H17N3O. The fraction of sp³-hybridized carbons (Fsp3) is 0.800. The van der Waals surface area contributed by atoms with Crippen LogP contribution in [0.4, 0.5) is 0 Å². The Labute approximate surface area is 84.2 Å². The van der Waals surface area contributed by atoms with Gasteiger partial charge < -0.3 is 10.2 Å². The van der Waals surface area contributed by atoms with Gasteiger partial charge in [-0.25, -0.2) is 0 Å². The molecule has 1 amide bonds. The van der Waals surface area contributed by atoms with Crippen molar-refractivity contribution in [1.82, 2.24) is 10.2 Å². The highest BCUT2D eigenvalue weighted by atomic mass is 16.2. The molecule has 0 atom stereocenters. The van der Waals surface area contributed by atoms with Gasteiger partial charge in [0, 0.05) is 19.0 Å². The third kappa shape index (κ3) is 1.89. The Morgan fingerprint density at radius 3 is 2.79 bits per heavy atom. The summed E-state index contributed by atoms with van der Waals surface area (Å²) in [4.78, 5) is 13.1. The van der Waals surface area contributed by atoms with Crippen LogP contribution in [-0.2, 0) is 4.79 Å². The van der Waals surface area contributed by atoms with E-state index < -0.39 is 0 Å². The van der Waals surface area contributed by atoms with Crippen LogP contribution in [0.1, 0.15) is 25.7 Å². The van der Waals surface area contributed by atoms with Crippen molar-refractivity contribution in [3.8, 4) is 0 Å². The van der Waals surface area contributed by atoms with Crippen molar-refractivity contribution >= 4 is 11.7 Å². The van der Waals surface area contributed by atoms with Gasteiger partial charge in [0.1, 0.15) is 0 Å². The second-order valence-electron chi connectivity index (χ2n) is 4.14. The van der Waals surface area contributed by atoms with E-state index in [4.69, 9.17) is 5.41 Å². The maximum atomic E-state index is 11.1. The van der Waals surface area contributed by atoms with Crippen LogP contribution >= 0.6 is 0 Å². The van der Waals surface area contributed by atoms with E-state index in [9.17, 15) is 4.79 Å². The van der Waals surface area contributed by atoms with Crippen molar-refractivity contribution in [1.29, 1.82) is 5.41 Å². The molecule has 2 fully saturated rings. The Hall–Kier alpha value is -1.06. The van der Waals surface area contributed by atoms with Gasteiger partial charge in [0.15, 0.2) is 0 Å². The van der Waals surface area contributed by atoms with Crippen molar-refractivity contribution in [2.45, 2.75) is 25.7 Å². The van der Waals surface area contributed by atoms with Crippen LogP contribution in [0.5, 0.6) is 0 Å². The number of nitrogens with one attached hydrogen (secondary N) is 2. The summed E-state index contributed by atoms with van der Waals surface area (Å²) < 4.78 is 0. The van der Waals surface area contributed by atoms with Gasteiger partial charge >= 0.3 is 0 Å². The largest absolute Gasteiger partial charge is 0.353 e. The summed E-state index contributed by atoms with van der Waals surface area (Å²) in [6.45, 7) is 1.88. The molecule has 2 N–H and O–H groups in total. The molecule has 4 nitrogen and oxygen atoms in total. The predicted molar refractivity (Wildman–Crippen MR) is 54.3 cm³/mol. The van der Waals surface area contributed by atoms with Crippen molar-refractivity contribution < 1.29 is 4.79 Å². The van der Waals surface area contributed by atoms with E-state index in [1.165, 1.54) is 12.8 Å². The summed E-state index contributed by atoms with van der Waals surface area (Å²) in [5.41, 5.74) is 0. The highest BCUT2D eigenvalue weighted by molar-refractivity contribution is 5.88. The number of amides is 1. The SMILES string of the molecule is N=C(C1CCCC1)N1CCNC(=O)C1. The summed E-state index contributed by atoms with van der Waals surface area (Å²) >= 11 is 0. The average molecular weight is 195 g/mol. The van der Waals surface area contributed by atoms with E-state index >= 15 is 0 Å². The summed E-state index contributed by atoms with van der Waals surface area (Å²) in [5.74, 6) is 1.16. The lowest BCUT2D eigenvalue weighted by molar-refractivity contribution is -0.122. The van der Waals surface area contributed by atoms with Crippen molar-refractivity contribution in [2.24, 2.45) is 5.92 Å². The fourth-order valence-corrected chi connectivity index (χ4v) is 2.30.